The summed E-state index contributed by atoms with van der Waals surface area (Å²) in [7, 11) is 0. The van der Waals surface area contributed by atoms with E-state index in [4.69, 9.17) is 4.74 Å². The van der Waals surface area contributed by atoms with Gasteiger partial charge >= 0.3 is 0 Å². The molecule has 1 atom stereocenters. The van der Waals surface area contributed by atoms with Crippen molar-refractivity contribution < 1.29 is 4.74 Å². The predicted molar refractivity (Wildman–Crippen MR) is 278 cm³/mol. The van der Waals surface area contributed by atoms with Gasteiger partial charge in [0.05, 0.1) is 5.41 Å². The second-order valence-corrected chi connectivity index (χ2v) is 18.3. The van der Waals surface area contributed by atoms with E-state index in [1.807, 2.05) is 6.07 Å². The molecule has 310 valence electrons. The highest BCUT2D eigenvalue weighted by Crippen LogP contribution is 2.64. The standard InChI is InChI=1S/C65H39NO/c1-2-17-43(18-3-1)66(45-33-36-61-55(39-45)49-22-7-5-20-47(49)51-24-10-13-28-60(51)67-61)44-32-35-58-54(38-44)48-21-6-4-19-46(48)50-23-8-11-26-56(50)65(58)57-27-12-9-25-52(57)64-53-34-31-41-16-14-15-40-29-30-42(37-59(64)65)63(53)62(40)41/h1-39H. The van der Waals surface area contributed by atoms with Crippen molar-refractivity contribution in [3.63, 3.8) is 0 Å². The van der Waals surface area contributed by atoms with E-state index in [-0.39, 0.29) is 0 Å². The Balaban J connectivity index is 1.02. The van der Waals surface area contributed by atoms with E-state index in [2.05, 4.69) is 235 Å². The highest BCUT2D eigenvalue weighted by molar-refractivity contribution is 6.27. The Labute approximate surface area is 388 Å². The van der Waals surface area contributed by atoms with E-state index >= 15 is 0 Å². The minimum Gasteiger partial charge on any atom is -0.456 e. The van der Waals surface area contributed by atoms with Crippen LogP contribution in [-0.4, -0.2) is 0 Å². The molecule has 0 radical (unpaired) electrons. The fourth-order valence-corrected chi connectivity index (χ4v) is 12.3. The van der Waals surface area contributed by atoms with Crippen molar-refractivity contribution in [2.45, 2.75) is 5.41 Å². The van der Waals surface area contributed by atoms with Gasteiger partial charge < -0.3 is 9.64 Å². The Morgan fingerprint density at radius 1 is 0.284 bits per heavy atom. The van der Waals surface area contributed by atoms with Gasteiger partial charge in [0.2, 0.25) is 0 Å². The molecule has 0 fully saturated rings. The van der Waals surface area contributed by atoms with E-state index in [1.54, 1.807) is 0 Å². The molecule has 2 nitrogen and oxygen atoms in total. The second-order valence-electron chi connectivity index (χ2n) is 18.3. The van der Waals surface area contributed by atoms with Crippen LogP contribution in [0.15, 0.2) is 237 Å². The Morgan fingerprint density at radius 3 is 1.57 bits per heavy atom. The zero-order valence-electron chi connectivity index (χ0n) is 36.4. The molecular weight excluding hydrogens is 811 g/mol. The van der Waals surface area contributed by atoms with Gasteiger partial charge in [-0.3, -0.25) is 0 Å². The maximum Gasteiger partial charge on any atom is 0.135 e. The summed E-state index contributed by atoms with van der Waals surface area (Å²) in [5, 5.41) is 7.84. The minimum absolute atomic E-state index is 0.627. The van der Waals surface area contributed by atoms with Gasteiger partial charge in [0.25, 0.3) is 0 Å². The lowest BCUT2D eigenvalue weighted by Gasteiger charge is -2.36. The van der Waals surface area contributed by atoms with Crippen molar-refractivity contribution in [3.8, 4) is 67.1 Å². The molecule has 15 rings (SSSR count). The third-order valence-electron chi connectivity index (χ3n) is 15.0. The Hall–Kier alpha value is -8.72. The average Bonchev–Trinajstić information content (AvgIpc) is 3.53. The van der Waals surface area contributed by atoms with E-state index in [0.29, 0.717) is 0 Å². The van der Waals surface area contributed by atoms with Crippen LogP contribution >= 0.6 is 0 Å². The largest absolute Gasteiger partial charge is 0.456 e. The van der Waals surface area contributed by atoms with Crippen LogP contribution in [0.2, 0.25) is 0 Å². The topological polar surface area (TPSA) is 12.5 Å². The first-order valence-corrected chi connectivity index (χ1v) is 23.2. The number of hydrogen-bond donors (Lipinski definition) is 0. The Kier molecular flexibility index (Phi) is 7.46. The van der Waals surface area contributed by atoms with Crippen molar-refractivity contribution in [3.05, 3.63) is 259 Å². The minimum atomic E-state index is -0.627. The summed E-state index contributed by atoms with van der Waals surface area (Å²) in [6.45, 7) is 0. The molecular formula is C65H39NO. The molecule has 0 aromatic heterocycles. The third-order valence-corrected chi connectivity index (χ3v) is 15.0. The molecule has 1 unspecified atom stereocenters. The van der Waals surface area contributed by atoms with Crippen LogP contribution in [0.3, 0.4) is 0 Å². The normalized spacial score (nSPS) is 14.7. The predicted octanol–water partition coefficient (Wildman–Crippen LogP) is 17.5. The third kappa shape index (κ3) is 4.94. The lowest BCUT2D eigenvalue weighted by molar-refractivity contribution is 0.488. The molecule has 1 aliphatic heterocycles. The van der Waals surface area contributed by atoms with Crippen molar-refractivity contribution in [1.29, 1.82) is 0 Å². The molecule has 0 amide bonds. The quantitative estimate of drug-likeness (QED) is 0.164. The van der Waals surface area contributed by atoms with Crippen LogP contribution in [0.25, 0.3) is 88.0 Å². The summed E-state index contributed by atoms with van der Waals surface area (Å²) in [6, 6.07) is 87.9. The molecule has 1 heterocycles. The first kappa shape index (κ1) is 36.6. The van der Waals surface area contributed by atoms with Gasteiger partial charge in [0.15, 0.2) is 0 Å². The van der Waals surface area contributed by atoms with Gasteiger partial charge in [-0.1, -0.05) is 182 Å². The summed E-state index contributed by atoms with van der Waals surface area (Å²) in [4.78, 5) is 2.41. The van der Waals surface area contributed by atoms with Gasteiger partial charge in [-0.05, 0) is 154 Å². The van der Waals surface area contributed by atoms with E-state index in [1.165, 1.54) is 88.0 Å². The number of nitrogens with zero attached hydrogens (tertiary/aromatic N) is 1. The van der Waals surface area contributed by atoms with E-state index in [9.17, 15) is 0 Å². The Morgan fingerprint density at radius 2 is 0.806 bits per heavy atom. The van der Waals surface area contributed by atoms with Gasteiger partial charge in [-0.25, -0.2) is 0 Å². The van der Waals surface area contributed by atoms with Gasteiger partial charge in [0, 0.05) is 28.2 Å². The average molecular weight is 850 g/mol. The number of rotatable bonds is 3. The van der Waals surface area contributed by atoms with Crippen molar-refractivity contribution in [1.82, 2.24) is 0 Å². The molecule has 12 aromatic carbocycles. The van der Waals surface area contributed by atoms with Crippen molar-refractivity contribution in [2.24, 2.45) is 0 Å². The lowest BCUT2D eigenvalue weighted by Crippen LogP contribution is -2.29. The highest BCUT2D eigenvalue weighted by atomic mass is 16.5. The van der Waals surface area contributed by atoms with Gasteiger partial charge in [-0.15, -0.1) is 0 Å². The summed E-state index contributed by atoms with van der Waals surface area (Å²) in [6.07, 6.45) is 0. The van der Waals surface area contributed by atoms with Gasteiger partial charge in [0.1, 0.15) is 11.5 Å². The van der Waals surface area contributed by atoms with Crippen LogP contribution in [0.4, 0.5) is 17.1 Å². The van der Waals surface area contributed by atoms with E-state index < -0.39 is 5.41 Å². The molecule has 12 aromatic rings. The number of hydrogen-bond acceptors (Lipinski definition) is 2. The molecule has 1 spiro atoms. The molecule has 0 saturated heterocycles. The molecule has 3 aliphatic rings. The van der Waals surface area contributed by atoms with Crippen molar-refractivity contribution in [2.75, 3.05) is 4.90 Å². The second kappa shape index (κ2) is 13.7. The number of anilines is 3. The van der Waals surface area contributed by atoms with E-state index in [0.717, 1.165) is 50.8 Å². The monoisotopic (exact) mass is 849 g/mol. The molecule has 2 heteroatoms. The zero-order valence-corrected chi connectivity index (χ0v) is 36.4. The molecule has 0 saturated carbocycles. The van der Waals surface area contributed by atoms with Crippen LogP contribution in [0, 0.1) is 0 Å². The number of para-hydroxylation sites is 2. The fourth-order valence-electron chi connectivity index (χ4n) is 12.3. The highest BCUT2D eigenvalue weighted by Gasteiger charge is 2.50. The van der Waals surface area contributed by atoms with Crippen molar-refractivity contribution >= 4 is 49.4 Å². The number of ether oxygens (including phenoxy) is 1. The fraction of sp³-hybridized carbons (Fsp3) is 0.0154. The first-order valence-electron chi connectivity index (χ1n) is 23.2. The first-order chi connectivity index (χ1) is 33.2. The molecule has 2 aliphatic carbocycles. The molecule has 0 N–H and O–H groups in total. The Bertz CT molecular complexity index is 4020. The summed E-state index contributed by atoms with van der Waals surface area (Å²) in [5.74, 6) is 1.70. The number of benzene rings is 12. The SMILES string of the molecule is c1ccc(N(c2ccc3c(c2)-c2ccccc2-c2ccccc2O3)c2ccc3c(c2)-c2ccccc2-c2ccccc2C32c3ccccc3-c3c2cc2ccc4cccc5ccc3c2c45)cc1. The zero-order chi connectivity index (χ0) is 43.8. The maximum absolute atomic E-state index is 6.74. The molecule has 67 heavy (non-hydrogen) atoms. The van der Waals surface area contributed by atoms with Gasteiger partial charge in [-0.2, -0.15) is 0 Å². The van der Waals surface area contributed by atoms with Crippen LogP contribution in [0.5, 0.6) is 11.5 Å². The smallest absolute Gasteiger partial charge is 0.135 e. The summed E-state index contributed by atoms with van der Waals surface area (Å²) < 4.78 is 6.74. The summed E-state index contributed by atoms with van der Waals surface area (Å²) in [5.41, 5.74) is 19.8. The summed E-state index contributed by atoms with van der Waals surface area (Å²) >= 11 is 0. The van der Waals surface area contributed by atoms with Crippen LogP contribution in [0.1, 0.15) is 22.3 Å². The van der Waals surface area contributed by atoms with Crippen LogP contribution < -0.4 is 9.64 Å². The lowest BCUT2D eigenvalue weighted by atomic mass is 9.65. The van der Waals surface area contributed by atoms with Crippen LogP contribution in [-0.2, 0) is 5.41 Å². The number of fused-ring (bicyclic) bond motifs is 18. The molecule has 0 bridgehead atoms. The maximum atomic E-state index is 6.74.